The van der Waals surface area contributed by atoms with E-state index in [0.717, 1.165) is 53.2 Å². The fraction of sp³-hybridized carbons (Fsp3) is 0.320. The van der Waals surface area contributed by atoms with Crippen molar-refractivity contribution < 1.29 is 4.74 Å². The highest BCUT2D eigenvalue weighted by molar-refractivity contribution is 5.85. The van der Waals surface area contributed by atoms with Gasteiger partial charge in [0.05, 0.1) is 0 Å². The molecule has 2 aromatic carbocycles. The van der Waals surface area contributed by atoms with Crippen molar-refractivity contribution in [1.82, 2.24) is 24.5 Å². The minimum Gasteiger partial charge on any atom is -0.489 e. The first-order valence-corrected chi connectivity index (χ1v) is 11.0. The van der Waals surface area contributed by atoms with Gasteiger partial charge in [0.15, 0.2) is 5.82 Å². The Bertz CT molecular complexity index is 1220. The lowest BCUT2D eigenvalue weighted by atomic mass is 10.1. The maximum absolute atomic E-state index is 6.30. The topological polar surface area (TPSA) is 81.6 Å². The van der Waals surface area contributed by atoms with Gasteiger partial charge in [-0.3, -0.25) is 0 Å². The second-order valence-corrected chi connectivity index (χ2v) is 8.65. The first kappa shape index (κ1) is 20.5. The number of nitrogens with zero attached hydrogens (tertiary/aromatic N) is 5. The van der Waals surface area contributed by atoms with E-state index >= 15 is 0 Å². The number of hydrogen-bond donors (Lipinski definition) is 1. The van der Waals surface area contributed by atoms with Crippen LogP contribution in [0.2, 0.25) is 0 Å². The quantitative estimate of drug-likeness (QED) is 0.497. The van der Waals surface area contributed by atoms with Crippen LogP contribution in [0.3, 0.4) is 0 Å². The fourth-order valence-corrected chi connectivity index (χ4v) is 4.58. The lowest BCUT2D eigenvalue weighted by molar-refractivity contribution is 0.296. The minimum absolute atomic E-state index is 0.343. The molecule has 2 N–H and O–H groups in total. The molecule has 164 valence electrons. The molecule has 2 aromatic heterocycles. The molecule has 2 atom stereocenters. The summed E-state index contributed by atoms with van der Waals surface area (Å²) in [6.45, 7) is 0.513. The molecule has 1 saturated carbocycles. The molecule has 0 aliphatic heterocycles. The van der Waals surface area contributed by atoms with Gasteiger partial charge in [-0.1, -0.05) is 42.5 Å². The second kappa shape index (κ2) is 8.59. The van der Waals surface area contributed by atoms with Crippen molar-refractivity contribution in [3.8, 4) is 17.0 Å². The first-order valence-electron chi connectivity index (χ1n) is 11.0. The highest BCUT2D eigenvalue weighted by atomic mass is 16.5. The zero-order chi connectivity index (χ0) is 22.1. The molecule has 5 rings (SSSR count). The predicted molar refractivity (Wildman–Crippen MR) is 125 cm³/mol. The highest BCUT2D eigenvalue weighted by Gasteiger charge is 2.31. The van der Waals surface area contributed by atoms with Crippen LogP contribution in [0.4, 0.5) is 5.82 Å². The molecule has 32 heavy (non-hydrogen) atoms. The average molecular weight is 429 g/mol. The van der Waals surface area contributed by atoms with Gasteiger partial charge in [-0.05, 0) is 51.1 Å². The lowest BCUT2D eigenvalue weighted by Crippen LogP contribution is -2.24. The van der Waals surface area contributed by atoms with E-state index in [9.17, 15) is 0 Å². The van der Waals surface area contributed by atoms with Crippen LogP contribution in [0.1, 0.15) is 36.6 Å². The van der Waals surface area contributed by atoms with Crippen molar-refractivity contribution in [2.45, 2.75) is 37.8 Å². The van der Waals surface area contributed by atoms with E-state index in [4.69, 9.17) is 15.5 Å². The van der Waals surface area contributed by atoms with E-state index in [1.165, 1.54) is 6.33 Å². The number of nitrogens with two attached hydrogens (primary N) is 1. The van der Waals surface area contributed by atoms with Crippen LogP contribution >= 0.6 is 0 Å². The number of benzene rings is 2. The molecular weight excluding hydrogens is 400 g/mol. The van der Waals surface area contributed by atoms with Crippen LogP contribution in [-0.4, -0.2) is 44.6 Å². The van der Waals surface area contributed by atoms with Crippen molar-refractivity contribution in [2.75, 3.05) is 19.8 Å². The number of hydrogen-bond acceptors (Lipinski definition) is 6. The number of imidazole rings is 1. The van der Waals surface area contributed by atoms with Gasteiger partial charge in [0.25, 0.3) is 0 Å². The summed E-state index contributed by atoms with van der Waals surface area (Å²) in [6, 6.07) is 18.7. The van der Waals surface area contributed by atoms with Gasteiger partial charge in [-0.15, -0.1) is 0 Å². The van der Waals surface area contributed by atoms with E-state index < -0.39 is 0 Å². The zero-order valence-electron chi connectivity index (χ0n) is 18.5. The van der Waals surface area contributed by atoms with Crippen LogP contribution in [0.15, 0.2) is 60.9 Å². The molecule has 1 aliphatic rings. The molecule has 0 bridgehead atoms. The number of fused-ring (bicyclic) bond motifs is 1. The van der Waals surface area contributed by atoms with Gasteiger partial charge in [-0.25, -0.2) is 14.5 Å². The Hall–Kier alpha value is -3.45. The summed E-state index contributed by atoms with van der Waals surface area (Å²) in [7, 11) is 4.28. The molecule has 0 spiro atoms. The smallest absolute Gasteiger partial charge is 0.153 e. The van der Waals surface area contributed by atoms with Gasteiger partial charge >= 0.3 is 0 Å². The van der Waals surface area contributed by atoms with Crippen molar-refractivity contribution >= 4 is 11.3 Å². The molecule has 1 fully saturated rings. The minimum atomic E-state index is 0.343. The molecule has 7 nitrogen and oxygen atoms in total. The van der Waals surface area contributed by atoms with Gasteiger partial charge in [0.1, 0.15) is 35.7 Å². The molecule has 7 heteroatoms. The Morgan fingerprint density at radius 2 is 1.94 bits per heavy atom. The molecule has 0 radical (unpaired) electrons. The summed E-state index contributed by atoms with van der Waals surface area (Å²) < 4.78 is 7.93. The molecule has 2 heterocycles. The van der Waals surface area contributed by atoms with Gasteiger partial charge < -0.3 is 15.4 Å². The van der Waals surface area contributed by atoms with Crippen LogP contribution in [0.25, 0.3) is 16.8 Å². The maximum Gasteiger partial charge on any atom is 0.153 e. The lowest BCUT2D eigenvalue weighted by Gasteiger charge is -2.18. The second-order valence-electron chi connectivity index (χ2n) is 8.65. The Labute approximate surface area is 187 Å². The third-order valence-electron chi connectivity index (χ3n) is 6.34. The van der Waals surface area contributed by atoms with Crippen LogP contribution in [0, 0.1) is 0 Å². The fourth-order valence-electron chi connectivity index (χ4n) is 4.58. The Morgan fingerprint density at radius 1 is 1.09 bits per heavy atom. The highest BCUT2D eigenvalue weighted by Crippen LogP contribution is 2.39. The van der Waals surface area contributed by atoms with E-state index in [-0.39, 0.29) is 0 Å². The maximum atomic E-state index is 6.30. The molecular formula is C25H28N6O. The van der Waals surface area contributed by atoms with E-state index in [1.807, 2.05) is 47.0 Å². The standard InChI is InChI=1S/C25H28N6O/c1-30(2)20-12-11-19(13-20)25-29-22(23-24(26)27-16-28-31(23)25)18-9-6-10-21(14-18)32-15-17-7-4-3-5-8-17/h3-10,14,16,19-20H,11-13,15H2,1-2H3,(H2,26,27,28). The van der Waals surface area contributed by atoms with Crippen molar-refractivity contribution in [2.24, 2.45) is 0 Å². The number of anilines is 1. The molecule has 2 unspecified atom stereocenters. The zero-order valence-corrected chi connectivity index (χ0v) is 18.5. The Balaban J connectivity index is 1.49. The normalized spacial score (nSPS) is 18.5. The van der Waals surface area contributed by atoms with Gasteiger partial charge in [0.2, 0.25) is 0 Å². The monoisotopic (exact) mass is 428 g/mol. The van der Waals surface area contributed by atoms with Crippen LogP contribution in [0.5, 0.6) is 5.75 Å². The third kappa shape index (κ3) is 3.91. The summed E-state index contributed by atoms with van der Waals surface area (Å²) in [5.74, 6) is 2.53. The average Bonchev–Trinajstić information content (AvgIpc) is 3.45. The summed E-state index contributed by atoms with van der Waals surface area (Å²) >= 11 is 0. The van der Waals surface area contributed by atoms with Crippen molar-refractivity contribution in [3.63, 3.8) is 0 Å². The third-order valence-corrected chi connectivity index (χ3v) is 6.34. The molecule has 0 amide bonds. The van der Waals surface area contributed by atoms with Crippen molar-refractivity contribution in [3.05, 3.63) is 72.3 Å². The predicted octanol–water partition coefficient (Wildman–Crippen LogP) is 4.15. The molecule has 1 aliphatic carbocycles. The first-order chi connectivity index (χ1) is 15.6. The van der Waals surface area contributed by atoms with Gasteiger partial charge in [0, 0.05) is 17.5 Å². The summed E-state index contributed by atoms with van der Waals surface area (Å²) in [5.41, 5.74) is 9.94. The van der Waals surface area contributed by atoms with E-state index in [1.54, 1.807) is 0 Å². The van der Waals surface area contributed by atoms with Crippen LogP contribution < -0.4 is 10.5 Å². The van der Waals surface area contributed by atoms with Crippen molar-refractivity contribution in [1.29, 1.82) is 0 Å². The summed E-state index contributed by atoms with van der Waals surface area (Å²) in [5, 5.41) is 4.52. The number of nitrogen functional groups attached to an aromatic ring is 1. The Morgan fingerprint density at radius 3 is 2.72 bits per heavy atom. The molecule has 4 aromatic rings. The number of aromatic nitrogens is 4. The number of rotatable bonds is 6. The summed E-state index contributed by atoms with van der Waals surface area (Å²) in [4.78, 5) is 11.6. The Kier molecular flexibility index (Phi) is 5.49. The SMILES string of the molecule is CN(C)C1CCC(c2nc(-c3cccc(OCc4ccccc4)c3)c3c(N)ncnn23)C1. The van der Waals surface area contributed by atoms with E-state index in [2.05, 4.69) is 41.2 Å². The van der Waals surface area contributed by atoms with Crippen LogP contribution in [-0.2, 0) is 6.61 Å². The largest absolute Gasteiger partial charge is 0.489 e. The van der Waals surface area contributed by atoms with E-state index in [0.29, 0.717) is 24.4 Å². The van der Waals surface area contributed by atoms with Gasteiger partial charge in [-0.2, -0.15) is 5.10 Å². The molecule has 0 saturated heterocycles. The number of ether oxygens (including phenoxy) is 1. The summed E-state index contributed by atoms with van der Waals surface area (Å²) in [6.07, 6.45) is 4.82.